The highest BCUT2D eigenvalue weighted by Gasteiger charge is 2.29. The van der Waals surface area contributed by atoms with E-state index in [0.717, 1.165) is 34.2 Å². The minimum absolute atomic E-state index is 0.404. The Hall–Kier alpha value is -2.87. The van der Waals surface area contributed by atoms with Crippen molar-refractivity contribution >= 4 is 34.5 Å². The van der Waals surface area contributed by atoms with E-state index in [-0.39, 0.29) is 0 Å². The maximum Gasteiger partial charge on any atom is 0.341 e. The molecule has 0 heterocycles. The Morgan fingerprint density at radius 3 is 2.67 bits per heavy atom. The second-order valence-corrected chi connectivity index (χ2v) is 9.23. The van der Waals surface area contributed by atoms with Gasteiger partial charge in [0.25, 0.3) is 0 Å². The van der Waals surface area contributed by atoms with Gasteiger partial charge in [-0.25, -0.2) is 4.79 Å². The Kier molecular flexibility index (Phi) is 7.02. The van der Waals surface area contributed by atoms with Crippen LogP contribution in [0.5, 0.6) is 5.75 Å². The zero-order valence-electron chi connectivity index (χ0n) is 18.0. The van der Waals surface area contributed by atoms with Crippen molar-refractivity contribution < 1.29 is 23.4 Å². The van der Waals surface area contributed by atoms with Crippen LogP contribution in [0.15, 0.2) is 60.7 Å². The maximum atomic E-state index is 12.4. The molecule has 0 saturated heterocycles. The van der Waals surface area contributed by atoms with Crippen LogP contribution in [0, 0.1) is 6.92 Å². The lowest BCUT2D eigenvalue weighted by Gasteiger charge is -2.38. The average Bonchev–Trinajstić information content (AvgIpc) is 2.80. The molecule has 1 N–H and O–H groups in total. The predicted octanol–water partition coefficient (Wildman–Crippen LogP) is 5.46. The van der Waals surface area contributed by atoms with Crippen molar-refractivity contribution in [2.24, 2.45) is 0 Å². The van der Waals surface area contributed by atoms with Crippen molar-refractivity contribution in [2.75, 3.05) is 10.9 Å². The van der Waals surface area contributed by atoms with Gasteiger partial charge in [-0.2, -0.15) is 0 Å². The Labute approximate surface area is 200 Å². The lowest BCUT2D eigenvalue weighted by atomic mass is 9.87. The van der Waals surface area contributed by atoms with E-state index in [4.69, 9.17) is 21.4 Å². The van der Waals surface area contributed by atoms with Gasteiger partial charge in [0.2, 0.25) is 0 Å². The van der Waals surface area contributed by atoms with Crippen LogP contribution in [0.1, 0.15) is 35.6 Å². The fraction of sp³-hybridized carbons (Fsp3) is 0.240. The van der Waals surface area contributed by atoms with Gasteiger partial charge in [0, 0.05) is 22.0 Å². The van der Waals surface area contributed by atoms with E-state index in [2.05, 4.69) is 0 Å². The number of anilines is 1. The summed E-state index contributed by atoms with van der Waals surface area (Å²) in [5, 5.41) is 9.60. The third-order valence-corrected chi connectivity index (χ3v) is 6.88. The molecule has 0 amide bonds. The molecule has 0 bridgehead atoms. The number of aryl methyl sites for hydroxylation is 1. The number of carbonyl (C=O) groups is 1. The topological polar surface area (TPSA) is 89.9 Å². The van der Waals surface area contributed by atoms with Crippen molar-refractivity contribution in [3.8, 4) is 16.9 Å². The highest BCUT2D eigenvalue weighted by molar-refractivity contribution is 7.80. The first-order chi connectivity index (χ1) is 15.8. The summed E-state index contributed by atoms with van der Waals surface area (Å²) in [7, 11) is 0. The number of hydrogen-bond donors (Lipinski definition) is 1. The molecule has 1 aliphatic carbocycles. The number of aliphatic carboxylic acids is 1. The van der Waals surface area contributed by atoms with Crippen LogP contribution in [-0.4, -0.2) is 26.4 Å². The molecule has 33 heavy (non-hydrogen) atoms. The Morgan fingerprint density at radius 1 is 1.21 bits per heavy atom. The van der Waals surface area contributed by atoms with Gasteiger partial charge < -0.3 is 14.4 Å². The van der Waals surface area contributed by atoms with E-state index < -0.39 is 29.9 Å². The third-order valence-electron chi connectivity index (χ3n) is 5.86. The van der Waals surface area contributed by atoms with Gasteiger partial charge in [-0.3, -0.25) is 8.51 Å². The summed E-state index contributed by atoms with van der Waals surface area (Å²) in [5.41, 5.74) is 5.27. The number of halogens is 1. The molecule has 4 rings (SSSR count). The van der Waals surface area contributed by atoms with Crippen molar-refractivity contribution in [3.63, 3.8) is 0 Å². The largest absolute Gasteiger partial charge is 0.755 e. The van der Waals surface area contributed by atoms with E-state index in [1.807, 2.05) is 43.3 Å². The molecule has 0 aliphatic heterocycles. The fourth-order valence-electron chi connectivity index (χ4n) is 4.37. The van der Waals surface area contributed by atoms with Crippen molar-refractivity contribution in [3.05, 3.63) is 82.4 Å². The lowest BCUT2D eigenvalue weighted by Crippen LogP contribution is -2.33. The first-order valence-electron chi connectivity index (χ1n) is 10.6. The summed E-state index contributed by atoms with van der Waals surface area (Å²) in [6.07, 6.45) is 2.12. The van der Waals surface area contributed by atoms with Crippen LogP contribution in [0.3, 0.4) is 0 Å². The summed E-state index contributed by atoms with van der Waals surface area (Å²) < 4.78 is 31.6. The normalized spacial score (nSPS) is 16.0. The van der Waals surface area contributed by atoms with E-state index in [0.29, 0.717) is 29.3 Å². The van der Waals surface area contributed by atoms with Crippen LogP contribution < -0.4 is 9.04 Å². The summed E-state index contributed by atoms with van der Waals surface area (Å²) in [6, 6.07) is 18.0. The number of benzene rings is 3. The smallest absolute Gasteiger partial charge is 0.341 e. The van der Waals surface area contributed by atoms with Crippen LogP contribution in [-0.2, 0) is 22.5 Å². The number of ether oxygens (including phenoxy) is 1. The summed E-state index contributed by atoms with van der Waals surface area (Å²) in [4.78, 5) is 10.9. The summed E-state index contributed by atoms with van der Waals surface area (Å²) in [6.45, 7) is 1.56. The summed E-state index contributed by atoms with van der Waals surface area (Å²) >= 11 is 3.65. The quantitative estimate of drug-likeness (QED) is 0.450. The Bertz CT molecular complexity index is 1200. The second-order valence-electron chi connectivity index (χ2n) is 7.96. The molecular weight excluding hydrogens is 462 g/mol. The molecule has 0 radical (unpaired) electrons. The molecule has 6 nitrogen and oxygen atoms in total. The van der Waals surface area contributed by atoms with Crippen molar-refractivity contribution in [1.29, 1.82) is 0 Å². The molecule has 172 valence electrons. The third kappa shape index (κ3) is 5.05. The van der Waals surface area contributed by atoms with E-state index in [9.17, 15) is 13.6 Å². The highest BCUT2D eigenvalue weighted by Crippen LogP contribution is 2.41. The van der Waals surface area contributed by atoms with E-state index >= 15 is 0 Å². The second kappa shape index (κ2) is 9.95. The van der Waals surface area contributed by atoms with Crippen LogP contribution in [0.2, 0.25) is 5.02 Å². The van der Waals surface area contributed by atoms with Crippen LogP contribution >= 0.6 is 11.6 Å². The number of fused-ring (bicyclic) bond motifs is 1. The molecule has 1 aliphatic rings. The van der Waals surface area contributed by atoms with Crippen LogP contribution in [0.4, 0.5) is 5.69 Å². The molecule has 2 unspecified atom stereocenters. The number of carboxylic acids is 1. The minimum atomic E-state index is -2.51. The molecule has 8 heteroatoms. The first kappa shape index (κ1) is 23.3. The SMILES string of the molecule is Cc1ccc(Cl)cc1-c1ccc(N(C2CCCc3c(OCC(=O)O)cccc32)S(=O)[O-])cc1. The molecule has 2 atom stereocenters. The zero-order chi connectivity index (χ0) is 23.5. The van der Waals surface area contributed by atoms with Crippen molar-refractivity contribution in [2.45, 2.75) is 32.2 Å². The number of carboxylic acid groups (broad SMARTS) is 1. The molecule has 0 spiro atoms. The first-order valence-corrected chi connectivity index (χ1v) is 12.0. The predicted molar refractivity (Wildman–Crippen MR) is 128 cm³/mol. The minimum Gasteiger partial charge on any atom is -0.755 e. The van der Waals surface area contributed by atoms with Gasteiger partial charge in [0.05, 0.1) is 6.04 Å². The molecule has 0 saturated carbocycles. The molecule has 3 aromatic rings. The van der Waals surface area contributed by atoms with E-state index in [1.165, 1.54) is 4.31 Å². The van der Waals surface area contributed by atoms with Gasteiger partial charge >= 0.3 is 5.97 Å². The fourth-order valence-corrected chi connectivity index (χ4v) is 5.26. The zero-order valence-corrected chi connectivity index (χ0v) is 19.6. The van der Waals surface area contributed by atoms with E-state index in [1.54, 1.807) is 24.3 Å². The number of rotatable bonds is 7. The Balaban J connectivity index is 1.68. The molecule has 0 fully saturated rings. The highest BCUT2D eigenvalue weighted by atomic mass is 35.5. The van der Waals surface area contributed by atoms with Gasteiger partial charge in [0.1, 0.15) is 5.75 Å². The number of hydrogen-bond acceptors (Lipinski definition) is 4. The Morgan fingerprint density at radius 2 is 1.97 bits per heavy atom. The molecule has 3 aromatic carbocycles. The van der Waals surface area contributed by atoms with Gasteiger partial charge in [-0.1, -0.05) is 41.9 Å². The lowest BCUT2D eigenvalue weighted by molar-refractivity contribution is -0.139. The van der Waals surface area contributed by atoms with Gasteiger partial charge in [-0.15, -0.1) is 0 Å². The van der Waals surface area contributed by atoms with Gasteiger partial charge in [-0.05, 0) is 84.3 Å². The molecule has 0 aromatic heterocycles. The summed E-state index contributed by atoms with van der Waals surface area (Å²) in [5.74, 6) is -0.569. The standard InChI is InChI=1S/C25H24ClNO5S/c1-16-8-11-18(26)14-22(16)17-9-12-19(13-10-17)27(33(30)31)23-6-2-5-21-20(23)4-3-7-24(21)32-15-25(28)29/h3-4,7-14,23H,2,5-6,15H2,1H3,(H,28,29)(H,30,31)/p-1. The maximum absolute atomic E-state index is 12.4. The van der Waals surface area contributed by atoms with Crippen molar-refractivity contribution in [1.82, 2.24) is 0 Å². The monoisotopic (exact) mass is 484 g/mol. The van der Waals surface area contributed by atoms with Crippen LogP contribution in [0.25, 0.3) is 11.1 Å². The molecular formula is C25H23ClNO5S-. The average molecular weight is 485 g/mol. The number of nitrogens with zero attached hydrogens (tertiary/aromatic N) is 1. The van der Waals surface area contributed by atoms with Gasteiger partial charge in [0.15, 0.2) is 6.61 Å².